The van der Waals surface area contributed by atoms with Gasteiger partial charge in [0, 0.05) is 0 Å². The second-order valence-electron chi connectivity index (χ2n) is 0.534. The zero-order valence-electron chi connectivity index (χ0n) is 3.05. The molecule has 0 aromatic carbocycles. The van der Waals surface area contributed by atoms with Crippen LogP contribution in [-0.2, 0) is 17.9 Å². The van der Waals surface area contributed by atoms with Gasteiger partial charge in [-0.3, -0.25) is 0 Å². The fourth-order valence-corrected chi connectivity index (χ4v) is 0. The van der Waals surface area contributed by atoms with Gasteiger partial charge in [0.2, 0.25) is 0 Å². The Kier molecular flexibility index (Phi) is 3.17. The maximum absolute atomic E-state index is 8.30. The van der Waals surface area contributed by atoms with E-state index in [4.69, 9.17) is 8.05 Å². The zero-order valence-corrected chi connectivity index (χ0v) is 5.32. The first kappa shape index (κ1) is 5.61. The molecule has 0 spiro atoms. The van der Waals surface area contributed by atoms with Crippen molar-refractivity contribution in [1.29, 1.82) is 0 Å². The van der Waals surface area contributed by atoms with Gasteiger partial charge in [0.1, 0.15) is 0 Å². The summed E-state index contributed by atoms with van der Waals surface area (Å²) in [5, 5.41) is 0. The Morgan fingerprint density at radius 2 is 2.20 bits per heavy atom. The van der Waals surface area contributed by atoms with Gasteiger partial charge in [0.15, 0.2) is 0 Å². The molecular weight excluding hydrogens is 249 g/mol. The number of hydrogen-bond donors (Lipinski definition) is 2. The van der Waals surface area contributed by atoms with E-state index in [1.807, 2.05) is 6.92 Å². The van der Waals surface area contributed by atoms with E-state index in [9.17, 15) is 0 Å². The van der Waals surface area contributed by atoms with Crippen LogP contribution in [0.4, 0.5) is 0 Å². The Morgan fingerprint density at radius 1 is 2.00 bits per heavy atom. The fourth-order valence-electron chi connectivity index (χ4n) is 0. The first-order valence-corrected chi connectivity index (χ1v) is 5.19. The third kappa shape index (κ3) is 4.61. The molecule has 0 bridgehead atoms. The average molecular weight is 257 g/mol. The summed E-state index contributed by atoms with van der Waals surface area (Å²) in [6, 6.07) is 0. The van der Waals surface area contributed by atoms with E-state index in [0.29, 0.717) is 0 Å². The summed E-state index contributed by atoms with van der Waals surface area (Å²) in [4.78, 5) is 0.796. The van der Waals surface area contributed by atoms with Crippen LogP contribution >= 0.6 is 0 Å². The van der Waals surface area contributed by atoms with E-state index in [0.717, 1.165) is 4.81 Å². The van der Waals surface area contributed by atoms with Gasteiger partial charge in [0.05, 0.1) is 0 Å². The van der Waals surface area contributed by atoms with Gasteiger partial charge in [-0.15, -0.1) is 0 Å². The minimum atomic E-state index is -1.79. The van der Waals surface area contributed by atoms with E-state index < -0.39 is 17.9 Å². The molecular formula is C2H8NOPt. The molecule has 0 unspecified atom stereocenters. The Morgan fingerprint density at radius 3 is 2.20 bits per heavy atom. The molecule has 0 rings (SSSR count). The van der Waals surface area contributed by atoms with Crippen LogP contribution in [-0.4, -0.2) is 3.76 Å². The molecule has 0 saturated heterocycles. The van der Waals surface area contributed by atoms with Gasteiger partial charge in [0.25, 0.3) is 0 Å². The monoisotopic (exact) mass is 257 g/mol. The molecule has 5 heavy (non-hydrogen) atoms. The van der Waals surface area contributed by atoms with Crippen molar-refractivity contribution in [3.63, 3.8) is 0 Å². The van der Waals surface area contributed by atoms with E-state index in [1.165, 1.54) is 0 Å². The second-order valence-corrected chi connectivity index (χ2v) is 4.37. The van der Waals surface area contributed by atoms with E-state index in [2.05, 4.69) is 0 Å². The summed E-state index contributed by atoms with van der Waals surface area (Å²) in [5.74, 6) is 0. The van der Waals surface area contributed by atoms with E-state index >= 15 is 0 Å². The second kappa shape index (κ2) is 2.83. The van der Waals surface area contributed by atoms with E-state index in [1.54, 1.807) is 0 Å². The molecule has 0 aromatic rings. The van der Waals surface area contributed by atoms with E-state index in [-0.39, 0.29) is 0 Å². The molecule has 3 N–H and O–H groups in total. The Balaban J connectivity index is 2.54. The first-order chi connectivity index (χ1) is 2.27. The van der Waals surface area contributed by atoms with Crippen molar-refractivity contribution >= 4 is 0 Å². The molecule has 37 valence electrons. The Bertz CT molecular complexity index is 23.6. The molecule has 0 amide bonds. The molecule has 0 heterocycles. The summed E-state index contributed by atoms with van der Waals surface area (Å²) in [6.45, 7) is 1.89. The minimum absolute atomic E-state index is 0.796. The molecule has 0 aliphatic heterocycles. The van der Waals surface area contributed by atoms with Crippen LogP contribution in [0.3, 0.4) is 0 Å². The summed E-state index contributed by atoms with van der Waals surface area (Å²) >= 11 is -1.79. The van der Waals surface area contributed by atoms with Crippen molar-refractivity contribution in [1.82, 2.24) is 0 Å². The summed E-state index contributed by atoms with van der Waals surface area (Å²) in [7, 11) is 0. The van der Waals surface area contributed by atoms with Crippen LogP contribution in [0.2, 0.25) is 4.81 Å². The van der Waals surface area contributed by atoms with Crippen LogP contribution < -0.4 is 4.29 Å². The summed E-state index contributed by atoms with van der Waals surface area (Å²) in [5.41, 5.74) is 0. The molecule has 0 aliphatic rings. The maximum atomic E-state index is 8.30. The summed E-state index contributed by atoms with van der Waals surface area (Å²) < 4.78 is 13.3. The number of nitrogens with two attached hydrogens (primary N) is 1. The molecule has 0 atom stereocenters. The van der Waals surface area contributed by atoms with Crippen molar-refractivity contribution < 1.29 is 21.7 Å². The van der Waals surface area contributed by atoms with Gasteiger partial charge in [-0.1, -0.05) is 0 Å². The first-order valence-electron chi connectivity index (χ1n) is 1.25. The average Bonchev–Trinajstić information content (AvgIpc) is 1.38. The third-order valence-corrected chi connectivity index (χ3v) is 1.88. The standard InChI is InChI=1S/C2H5.H2N.H2O.Pt/c1-2;;;/h1H2,2H3;2*1H2;/q;-1;;+2/p-1. The van der Waals surface area contributed by atoms with Crippen LogP contribution in [0.5, 0.6) is 0 Å². The molecule has 0 fully saturated rings. The Labute approximate surface area is 38.3 Å². The van der Waals surface area contributed by atoms with Gasteiger partial charge < -0.3 is 0 Å². The SMILES string of the molecule is C[CH2][Pt]([NH2])[OH]. The third-order valence-electron chi connectivity index (χ3n) is 0.229. The molecule has 2 nitrogen and oxygen atoms in total. The van der Waals surface area contributed by atoms with Crippen molar-refractivity contribution in [2.24, 2.45) is 4.29 Å². The zero-order chi connectivity index (χ0) is 4.28. The van der Waals surface area contributed by atoms with Gasteiger partial charge in [-0.05, 0) is 0 Å². The predicted octanol–water partition coefficient (Wildman–Crippen LogP) is -0.176. The number of rotatable bonds is 1. The quantitative estimate of drug-likeness (QED) is 0.684. The molecule has 0 aliphatic carbocycles. The fraction of sp³-hybridized carbons (Fsp3) is 1.00. The molecule has 0 saturated carbocycles. The Hall–Kier alpha value is 0.608. The number of hydrogen-bond acceptors (Lipinski definition) is 2. The van der Waals surface area contributed by atoms with Gasteiger partial charge in [-0.2, -0.15) is 0 Å². The molecule has 0 aromatic heterocycles. The van der Waals surface area contributed by atoms with Crippen molar-refractivity contribution in [3.8, 4) is 0 Å². The van der Waals surface area contributed by atoms with Gasteiger partial charge >= 0.3 is 37.7 Å². The van der Waals surface area contributed by atoms with Crippen molar-refractivity contribution in [2.45, 2.75) is 11.7 Å². The van der Waals surface area contributed by atoms with Crippen LogP contribution in [0, 0.1) is 0 Å². The molecule has 0 radical (unpaired) electrons. The van der Waals surface area contributed by atoms with Crippen molar-refractivity contribution in [2.75, 3.05) is 0 Å². The topological polar surface area (TPSA) is 46.2 Å². The van der Waals surface area contributed by atoms with Crippen LogP contribution in [0.25, 0.3) is 0 Å². The van der Waals surface area contributed by atoms with Crippen LogP contribution in [0.15, 0.2) is 0 Å². The van der Waals surface area contributed by atoms with Gasteiger partial charge in [-0.25, -0.2) is 0 Å². The predicted molar refractivity (Wildman–Crippen MR) is 16.9 cm³/mol. The normalized spacial score (nSPS) is 11.4. The van der Waals surface area contributed by atoms with Crippen molar-refractivity contribution in [3.05, 3.63) is 0 Å². The van der Waals surface area contributed by atoms with Crippen LogP contribution in [0.1, 0.15) is 6.92 Å². The summed E-state index contributed by atoms with van der Waals surface area (Å²) in [6.07, 6.45) is 0. The molecule has 3 heteroatoms.